The predicted molar refractivity (Wildman–Crippen MR) is 298 cm³/mol. The van der Waals surface area contributed by atoms with Gasteiger partial charge >= 0.3 is 5.97 Å². The number of nitrogens with one attached hydrogen (secondary N) is 6. The van der Waals surface area contributed by atoms with Gasteiger partial charge < -0.3 is 63.0 Å². The van der Waals surface area contributed by atoms with E-state index in [2.05, 4.69) is 31.9 Å². The van der Waals surface area contributed by atoms with E-state index in [9.17, 15) is 62.2 Å². The first-order valence-corrected chi connectivity index (χ1v) is 27.3. The average Bonchev–Trinajstić information content (AvgIpc) is 3.28. The second-order valence-corrected chi connectivity index (χ2v) is 21.3. The summed E-state index contributed by atoms with van der Waals surface area (Å²) in [5, 5.41) is 34.5. The first kappa shape index (κ1) is 67.1. The lowest BCUT2D eigenvalue weighted by atomic mass is 9.82. The zero-order chi connectivity index (χ0) is 61.6. The Morgan fingerprint density at radius 2 is 1.37 bits per heavy atom. The van der Waals surface area contributed by atoms with Gasteiger partial charge in [0.1, 0.15) is 48.5 Å². The van der Waals surface area contributed by atoms with E-state index in [1.165, 1.54) is 30.9 Å². The number of aliphatic carboxylic acids is 1. The van der Waals surface area contributed by atoms with Gasteiger partial charge in [-0.05, 0) is 87.6 Å². The van der Waals surface area contributed by atoms with E-state index >= 15 is 4.39 Å². The van der Waals surface area contributed by atoms with Crippen LogP contribution in [0.15, 0.2) is 72.9 Å². The summed E-state index contributed by atoms with van der Waals surface area (Å²) in [6, 6.07) is 6.05. The van der Waals surface area contributed by atoms with Gasteiger partial charge in [-0.2, -0.15) is 0 Å². The summed E-state index contributed by atoms with van der Waals surface area (Å²) >= 11 is 0. The molecule has 0 bridgehead atoms. The zero-order valence-electron chi connectivity index (χ0n) is 47.3. The molecule has 26 heteroatoms. The van der Waals surface area contributed by atoms with Crippen molar-refractivity contribution in [2.75, 3.05) is 32.8 Å². The van der Waals surface area contributed by atoms with Gasteiger partial charge in [-0.25, -0.2) is 8.78 Å². The van der Waals surface area contributed by atoms with E-state index in [-0.39, 0.29) is 69.5 Å². The molecule has 0 radical (unpaired) electrons. The van der Waals surface area contributed by atoms with Gasteiger partial charge in [0.25, 0.3) is 11.8 Å². The van der Waals surface area contributed by atoms with Gasteiger partial charge in [0.15, 0.2) is 0 Å². The number of nitrogens with two attached hydrogens (primary N) is 2. The number of hydrogen-bond acceptors (Lipinski definition) is 13. The maximum atomic E-state index is 15.4. The smallest absolute Gasteiger partial charge is 0.320 e. The maximum absolute atomic E-state index is 15.4. The van der Waals surface area contributed by atoms with Crippen molar-refractivity contribution in [1.29, 1.82) is 0 Å². The number of benzene rings is 2. The minimum absolute atomic E-state index is 0.0238. The summed E-state index contributed by atoms with van der Waals surface area (Å²) in [7, 11) is 0. The molecule has 6 atom stereocenters. The van der Waals surface area contributed by atoms with Crippen molar-refractivity contribution in [1.82, 2.24) is 46.3 Å². The molecule has 24 nitrogen and oxygen atoms in total. The highest BCUT2D eigenvalue weighted by Gasteiger charge is 2.38. The highest BCUT2D eigenvalue weighted by molar-refractivity contribution is 6.12. The summed E-state index contributed by atoms with van der Waals surface area (Å²) in [5.41, 5.74) is 11.7. The van der Waals surface area contributed by atoms with Crippen LogP contribution in [0.3, 0.4) is 0 Å². The number of unbranched alkanes of at least 4 members (excludes halogenated alkanes) is 3. The van der Waals surface area contributed by atoms with E-state index in [0.717, 1.165) is 28.7 Å². The first-order valence-electron chi connectivity index (χ1n) is 27.3. The number of halogens is 2. The normalized spacial score (nSPS) is 14.3. The molecule has 12 N–H and O–H groups in total. The Balaban J connectivity index is 1.51. The molecule has 0 spiro atoms. The number of amides is 10. The van der Waals surface area contributed by atoms with Gasteiger partial charge in [0, 0.05) is 80.7 Å². The van der Waals surface area contributed by atoms with Crippen LogP contribution in [0.2, 0.25) is 0 Å². The van der Waals surface area contributed by atoms with Gasteiger partial charge in [-0.15, -0.1) is 0 Å². The van der Waals surface area contributed by atoms with E-state index in [4.69, 9.17) is 16.6 Å². The molecule has 2 heterocycles. The van der Waals surface area contributed by atoms with Gasteiger partial charge in [0.2, 0.25) is 47.3 Å². The average molecular weight is 1160 g/mol. The van der Waals surface area contributed by atoms with Crippen LogP contribution < -0.4 is 43.4 Å². The third-order valence-electron chi connectivity index (χ3n) is 13.5. The van der Waals surface area contributed by atoms with Crippen LogP contribution in [-0.2, 0) is 59.3 Å². The summed E-state index contributed by atoms with van der Waals surface area (Å²) in [6.07, 6.45) is 4.95. The third-order valence-corrected chi connectivity index (χ3v) is 13.5. The van der Waals surface area contributed by atoms with Crippen molar-refractivity contribution in [3.63, 3.8) is 0 Å². The quantitative estimate of drug-likeness (QED) is 0.0298. The summed E-state index contributed by atoms with van der Waals surface area (Å²) < 4.78 is 31.8. The van der Waals surface area contributed by atoms with Crippen LogP contribution in [0, 0.1) is 17.0 Å². The summed E-state index contributed by atoms with van der Waals surface area (Å²) in [4.78, 5) is 143. The summed E-state index contributed by atoms with van der Waals surface area (Å²) in [6.45, 7) is 7.03. The number of carbonyl (C=O) groups excluding carboxylic acids is 10. The Morgan fingerprint density at radius 1 is 0.711 bits per heavy atom. The van der Waals surface area contributed by atoms with E-state index in [1.807, 2.05) is 30.3 Å². The molecule has 0 saturated carbocycles. The number of primary amides is 1. The highest BCUT2D eigenvalue weighted by Crippen LogP contribution is 2.41. The van der Waals surface area contributed by atoms with Crippen LogP contribution in [0.5, 0.6) is 0 Å². The lowest BCUT2D eigenvalue weighted by molar-refractivity contribution is -0.140. The lowest BCUT2D eigenvalue weighted by Gasteiger charge is -2.41. The molecule has 2 aromatic carbocycles. The number of imide groups is 1. The van der Waals surface area contributed by atoms with Crippen molar-refractivity contribution < 1.29 is 71.7 Å². The molecule has 10 amide bonds. The Kier molecular flexibility index (Phi) is 26.1. The Morgan fingerprint density at radius 3 is 2.01 bits per heavy atom. The first-order chi connectivity index (χ1) is 39.2. The Bertz CT molecular complexity index is 2820. The van der Waals surface area contributed by atoms with Crippen LogP contribution in [0.25, 0.3) is 11.1 Å². The zero-order valence-corrected chi connectivity index (χ0v) is 47.3. The number of aromatic nitrogens is 1. The molecular weight excluding hydrogens is 1080 g/mol. The fourth-order valence-electron chi connectivity index (χ4n) is 9.11. The molecule has 0 fully saturated rings. The number of aliphatic hydroxyl groups excluding tert-OH is 1. The topological polar surface area (TPSA) is 364 Å². The van der Waals surface area contributed by atoms with E-state index in [1.54, 1.807) is 37.6 Å². The largest absolute Gasteiger partial charge is 0.480 e. The second-order valence-electron chi connectivity index (χ2n) is 21.3. The number of rotatable bonds is 34. The molecule has 1 aromatic heterocycles. The minimum Gasteiger partial charge on any atom is -0.480 e. The van der Waals surface area contributed by atoms with Gasteiger partial charge in [-0.1, -0.05) is 57.5 Å². The molecule has 0 aliphatic carbocycles. The monoisotopic (exact) mass is 1160 g/mol. The van der Waals surface area contributed by atoms with Crippen LogP contribution in [-0.4, -0.2) is 153 Å². The molecular formula is C57H77F2N11O13. The molecule has 0 unspecified atom stereocenters. The standard InChI is InChI=1S/C57H77F2N11O13/c1-34(64-46(73)17-10-7-13-26-69-48(75)20-21-49(69)76)53(79)65-35(2)54(80)67-43(52(61)78)30-47(74)66-42(55(81)63-25-22-45(72)62-24-12-11-16-41(60)56(82)83)23-27-70(50(77)33-71)51(57(3,4)5)44-28-37(39-29-38(58)18-19-40(39)59)32-68(44)31-36-14-8-6-9-15-36/h6,8-9,14-15,18-21,28-29,32,34-35,41-43,51,71H,7,10-13,16-17,22-27,30-31,33,60H2,1-5H3,(H2,61,78)(H,62,72)(H,63,81)(H,64,73)(H,65,79)(H,66,74)(H,67,80)(H,82,83)/t34-,35-,41-,42-,43-,51-/m0/s1. The Labute approximate surface area is 479 Å². The molecule has 3 aromatic rings. The van der Waals surface area contributed by atoms with E-state index in [0.29, 0.717) is 37.8 Å². The maximum Gasteiger partial charge on any atom is 0.320 e. The number of carbonyl (C=O) groups is 11. The van der Waals surface area contributed by atoms with E-state index < -0.39 is 131 Å². The molecule has 1 aliphatic heterocycles. The number of nitrogens with zero attached hydrogens (tertiary/aromatic N) is 3. The van der Waals surface area contributed by atoms with Gasteiger partial charge in [-0.3, -0.25) is 57.6 Å². The molecule has 83 heavy (non-hydrogen) atoms. The van der Waals surface area contributed by atoms with Crippen LogP contribution in [0.1, 0.15) is 116 Å². The minimum atomic E-state index is -1.71. The number of carboxylic acid groups (broad SMARTS) is 1. The Hall–Kier alpha value is -8.39. The molecule has 1 aliphatic rings. The van der Waals surface area contributed by atoms with Gasteiger partial charge in [0.05, 0.1) is 12.5 Å². The second kappa shape index (κ2) is 32.3. The molecule has 452 valence electrons. The van der Waals surface area contributed by atoms with Crippen molar-refractivity contribution in [3.05, 3.63) is 95.8 Å². The number of aliphatic hydroxyl groups is 1. The lowest BCUT2D eigenvalue weighted by Crippen LogP contribution is -2.56. The van der Waals surface area contributed by atoms with Crippen LogP contribution >= 0.6 is 0 Å². The highest BCUT2D eigenvalue weighted by atomic mass is 19.1. The fourth-order valence-corrected chi connectivity index (χ4v) is 9.11. The van der Waals surface area contributed by atoms with Crippen molar-refractivity contribution >= 4 is 65.0 Å². The fraction of sp³-hybridized carbons (Fsp3) is 0.491. The SMILES string of the molecule is C[C@H](NC(=O)CCCCCN1C(=O)C=CC1=O)C(=O)N[C@@H](C)C(=O)N[C@@H](CC(=O)N[C@@H](CCN(C(=O)CO)[C@@H](c1cc(-c2cc(F)ccc2F)cn1Cc1ccccc1)C(C)(C)C)C(=O)NCCC(=O)NCCCC[C@H](N)C(=O)O)C(N)=O. The number of carboxylic acids is 1. The van der Waals surface area contributed by atoms with Crippen molar-refractivity contribution in [2.24, 2.45) is 16.9 Å². The van der Waals surface area contributed by atoms with Crippen molar-refractivity contribution in [3.8, 4) is 11.1 Å². The third kappa shape index (κ3) is 21.5. The molecule has 0 saturated heterocycles. The van der Waals surface area contributed by atoms with Crippen LogP contribution in [0.4, 0.5) is 8.78 Å². The summed E-state index contributed by atoms with van der Waals surface area (Å²) in [5.74, 6) is -9.90. The predicted octanol–water partition coefficient (Wildman–Crippen LogP) is 1.32. The number of hydrogen-bond donors (Lipinski definition) is 10. The molecule has 4 rings (SSSR count). The van der Waals surface area contributed by atoms with Crippen molar-refractivity contribution in [2.45, 2.75) is 142 Å².